The summed E-state index contributed by atoms with van der Waals surface area (Å²) in [6.07, 6.45) is 0.973. The largest absolute Gasteiger partial charge is 0.277 e. The van der Waals surface area contributed by atoms with Gasteiger partial charge < -0.3 is 0 Å². The SMILES string of the molecule is CC(C(=O)NNS(C)(=O)=O)c1ccccc1. The maximum Gasteiger partial charge on any atom is 0.242 e. The van der Waals surface area contributed by atoms with Gasteiger partial charge in [0.05, 0.1) is 12.2 Å². The average molecular weight is 242 g/mol. The normalized spacial score (nSPS) is 13.1. The van der Waals surface area contributed by atoms with Crippen LogP contribution in [0, 0.1) is 0 Å². The molecule has 16 heavy (non-hydrogen) atoms. The molecule has 88 valence electrons. The van der Waals surface area contributed by atoms with Crippen molar-refractivity contribution in [3.8, 4) is 0 Å². The molecule has 0 aliphatic carbocycles. The van der Waals surface area contributed by atoms with E-state index in [1.54, 1.807) is 6.92 Å². The lowest BCUT2D eigenvalue weighted by Crippen LogP contribution is -2.42. The molecule has 0 spiro atoms. The van der Waals surface area contributed by atoms with E-state index in [9.17, 15) is 13.2 Å². The van der Waals surface area contributed by atoms with Gasteiger partial charge in [0, 0.05) is 0 Å². The summed E-state index contributed by atoms with van der Waals surface area (Å²) in [6, 6.07) is 9.12. The highest BCUT2D eigenvalue weighted by Gasteiger charge is 2.15. The number of carbonyl (C=O) groups is 1. The predicted molar refractivity (Wildman–Crippen MR) is 61.0 cm³/mol. The van der Waals surface area contributed by atoms with Crippen LogP contribution in [0.25, 0.3) is 0 Å². The van der Waals surface area contributed by atoms with Gasteiger partial charge in [-0.3, -0.25) is 10.2 Å². The van der Waals surface area contributed by atoms with Crippen molar-refractivity contribution in [2.45, 2.75) is 12.8 Å². The topological polar surface area (TPSA) is 75.3 Å². The molecule has 0 aliphatic heterocycles. The standard InChI is InChI=1S/C10H14N2O3S/c1-8(9-6-4-3-5-7-9)10(13)11-12-16(2,14)15/h3-8,12H,1-2H3,(H,11,13). The Morgan fingerprint density at radius 2 is 1.81 bits per heavy atom. The third kappa shape index (κ3) is 4.00. The first kappa shape index (κ1) is 12.7. The molecule has 1 unspecified atom stereocenters. The highest BCUT2D eigenvalue weighted by Crippen LogP contribution is 2.13. The summed E-state index contributed by atoms with van der Waals surface area (Å²) in [6.45, 7) is 1.70. The Hall–Kier alpha value is -1.40. The molecule has 0 radical (unpaired) electrons. The summed E-state index contributed by atoms with van der Waals surface area (Å²) < 4.78 is 21.5. The number of nitrogens with one attached hydrogen (secondary N) is 2. The molecule has 0 bridgehead atoms. The summed E-state index contributed by atoms with van der Waals surface area (Å²) >= 11 is 0. The number of carbonyl (C=O) groups excluding carboxylic acids is 1. The molecule has 0 saturated carbocycles. The van der Waals surface area contributed by atoms with Crippen LogP contribution in [0.4, 0.5) is 0 Å². The van der Waals surface area contributed by atoms with Crippen molar-refractivity contribution >= 4 is 15.9 Å². The minimum atomic E-state index is -3.42. The van der Waals surface area contributed by atoms with Gasteiger partial charge in [-0.15, -0.1) is 4.83 Å². The van der Waals surface area contributed by atoms with Crippen LogP contribution in [0.5, 0.6) is 0 Å². The Balaban J connectivity index is 2.62. The van der Waals surface area contributed by atoms with E-state index in [2.05, 4.69) is 5.43 Å². The van der Waals surface area contributed by atoms with Gasteiger partial charge in [0.15, 0.2) is 0 Å². The number of hydrazine groups is 1. The second-order valence-corrected chi connectivity index (χ2v) is 5.24. The first-order valence-corrected chi connectivity index (χ1v) is 6.61. The number of sulfonamides is 1. The number of hydrogen-bond donors (Lipinski definition) is 2. The fourth-order valence-corrected chi connectivity index (χ4v) is 1.43. The van der Waals surface area contributed by atoms with E-state index in [-0.39, 0.29) is 0 Å². The lowest BCUT2D eigenvalue weighted by atomic mass is 10.0. The Kier molecular flexibility index (Phi) is 4.03. The van der Waals surface area contributed by atoms with Crippen molar-refractivity contribution in [2.24, 2.45) is 0 Å². The molecule has 1 aromatic carbocycles. The molecule has 1 amide bonds. The van der Waals surface area contributed by atoms with Gasteiger partial charge in [0.1, 0.15) is 0 Å². The summed E-state index contributed by atoms with van der Waals surface area (Å²) in [4.78, 5) is 13.5. The third-order valence-corrected chi connectivity index (χ3v) is 2.53. The van der Waals surface area contributed by atoms with Crippen LogP contribution in [0.2, 0.25) is 0 Å². The molecule has 0 aromatic heterocycles. The molecule has 0 saturated heterocycles. The molecular weight excluding hydrogens is 228 g/mol. The van der Waals surface area contributed by atoms with Crippen LogP contribution in [-0.4, -0.2) is 20.6 Å². The fourth-order valence-electron chi connectivity index (χ4n) is 1.14. The molecule has 0 aliphatic rings. The van der Waals surface area contributed by atoms with Crippen molar-refractivity contribution in [1.29, 1.82) is 0 Å². The molecule has 0 heterocycles. The fraction of sp³-hybridized carbons (Fsp3) is 0.300. The van der Waals surface area contributed by atoms with Gasteiger partial charge in [0.2, 0.25) is 15.9 Å². The molecule has 2 N–H and O–H groups in total. The van der Waals surface area contributed by atoms with E-state index >= 15 is 0 Å². The zero-order valence-electron chi connectivity index (χ0n) is 9.10. The zero-order chi connectivity index (χ0) is 12.2. The quantitative estimate of drug-likeness (QED) is 0.749. The first-order chi connectivity index (χ1) is 7.40. The first-order valence-electron chi connectivity index (χ1n) is 4.72. The highest BCUT2D eigenvalue weighted by atomic mass is 32.2. The van der Waals surface area contributed by atoms with Crippen LogP contribution in [0.3, 0.4) is 0 Å². The number of rotatable bonds is 4. The van der Waals surface area contributed by atoms with Gasteiger partial charge in [-0.05, 0) is 12.5 Å². The van der Waals surface area contributed by atoms with Crippen molar-refractivity contribution < 1.29 is 13.2 Å². The lowest BCUT2D eigenvalue weighted by Gasteiger charge is -2.12. The smallest absolute Gasteiger partial charge is 0.242 e. The van der Waals surface area contributed by atoms with Crippen LogP contribution in [0.15, 0.2) is 30.3 Å². The van der Waals surface area contributed by atoms with Crippen LogP contribution < -0.4 is 10.3 Å². The maximum atomic E-state index is 11.6. The van der Waals surface area contributed by atoms with Crippen molar-refractivity contribution in [3.05, 3.63) is 35.9 Å². The van der Waals surface area contributed by atoms with E-state index in [1.807, 2.05) is 35.2 Å². The van der Waals surface area contributed by atoms with Crippen molar-refractivity contribution in [3.63, 3.8) is 0 Å². The second-order valence-electron chi connectivity index (χ2n) is 3.50. The average Bonchev–Trinajstić information content (AvgIpc) is 2.25. The van der Waals surface area contributed by atoms with Gasteiger partial charge >= 0.3 is 0 Å². The molecule has 1 atom stereocenters. The second kappa shape index (κ2) is 5.09. The third-order valence-electron chi connectivity index (χ3n) is 2.05. The van der Waals surface area contributed by atoms with E-state index in [0.29, 0.717) is 0 Å². The van der Waals surface area contributed by atoms with Gasteiger partial charge in [-0.25, -0.2) is 8.42 Å². The van der Waals surface area contributed by atoms with Gasteiger partial charge in [-0.1, -0.05) is 30.3 Å². The molecule has 1 rings (SSSR count). The van der Waals surface area contributed by atoms with E-state index < -0.39 is 21.8 Å². The van der Waals surface area contributed by atoms with Gasteiger partial charge in [-0.2, -0.15) is 0 Å². The van der Waals surface area contributed by atoms with E-state index in [0.717, 1.165) is 11.8 Å². The van der Waals surface area contributed by atoms with Crippen molar-refractivity contribution in [2.75, 3.05) is 6.26 Å². The van der Waals surface area contributed by atoms with Gasteiger partial charge in [0.25, 0.3) is 0 Å². The molecule has 1 aromatic rings. The van der Waals surface area contributed by atoms with Crippen molar-refractivity contribution in [1.82, 2.24) is 10.3 Å². The maximum absolute atomic E-state index is 11.6. The highest BCUT2D eigenvalue weighted by molar-refractivity contribution is 7.88. The summed E-state index contributed by atoms with van der Waals surface area (Å²) in [5.41, 5.74) is 2.97. The Labute approximate surface area is 94.9 Å². The summed E-state index contributed by atoms with van der Waals surface area (Å²) in [5, 5.41) is 0. The Bertz CT molecular complexity index is 456. The number of amides is 1. The molecule has 0 fully saturated rings. The minimum absolute atomic E-state index is 0.392. The lowest BCUT2D eigenvalue weighted by molar-refractivity contribution is -0.122. The predicted octanol–water partition coefficient (Wildman–Crippen LogP) is 0.371. The minimum Gasteiger partial charge on any atom is -0.277 e. The van der Waals surface area contributed by atoms with E-state index in [4.69, 9.17) is 0 Å². The Morgan fingerprint density at radius 3 is 2.31 bits per heavy atom. The number of benzene rings is 1. The zero-order valence-corrected chi connectivity index (χ0v) is 9.91. The molecular formula is C10H14N2O3S. The van der Waals surface area contributed by atoms with Crippen LogP contribution in [0.1, 0.15) is 18.4 Å². The van der Waals surface area contributed by atoms with E-state index in [1.165, 1.54) is 0 Å². The monoisotopic (exact) mass is 242 g/mol. The molecule has 5 nitrogen and oxygen atoms in total. The molecule has 6 heteroatoms. The van der Waals surface area contributed by atoms with Crippen LogP contribution in [-0.2, 0) is 14.8 Å². The summed E-state index contributed by atoms with van der Waals surface area (Å²) in [5.74, 6) is -0.799. The van der Waals surface area contributed by atoms with Crippen LogP contribution >= 0.6 is 0 Å². The Morgan fingerprint density at radius 1 is 1.25 bits per heavy atom. The number of hydrogen-bond acceptors (Lipinski definition) is 3. The summed E-state index contributed by atoms with van der Waals surface area (Å²) in [7, 11) is -3.42.